The molecule has 2 amide bonds. The fourth-order valence-corrected chi connectivity index (χ4v) is 7.80. The Morgan fingerprint density at radius 3 is 2.78 bits per heavy atom. The highest BCUT2D eigenvalue weighted by atomic mass is 32.1. The molecule has 0 aliphatic heterocycles. The molecule has 2 saturated carbocycles. The summed E-state index contributed by atoms with van der Waals surface area (Å²) in [6.07, 6.45) is 4.30. The second kappa shape index (κ2) is 8.22. The zero-order chi connectivity index (χ0) is 22.6. The lowest BCUT2D eigenvalue weighted by molar-refractivity contribution is -0.134. The van der Waals surface area contributed by atoms with Gasteiger partial charge in [-0.2, -0.15) is 0 Å². The Bertz CT molecular complexity index is 1020. The van der Waals surface area contributed by atoms with Gasteiger partial charge in [-0.3, -0.25) is 14.9 Å². The maximum Gasteiger partial charge on any atom is 0.267 e. The number of nitrogens with zero attached hydrogens (tertiary/aromatic N) is 1. The minimum atomic E-state index is -0.539. The van der Waals surface area contributed by atoms with E-state index in [2.05, 4.69) is 24.5 Å². The number of hydrogen-bond donors (Lipinski definition) is 3. The number of carbonyl (C=O) groups excluding carboxylic acids is 2. The smallest absolute Gasteiger partial charge is 0.267 e. The van der Waals surface area contributed by atoms with Gasteiger partial charge in [0.15, 0.2) is 5.13 Å². The standard InChI is InChI=1S/C24H31N3O3S2/c1-12(21(29)25-14-6-7-14)15-8-9-24(3)11-17-19(13(2)18(24)20(15)28)26-23(32-17)27-22(30)16-5-4-10-31-16/h4-5,10,12-15,18,20,28H,6-9,11H2,1-3H3,(H,25,29)(H,26,27,30)/t12-,13-,15+,18+,20-,24+/m0/s1. The molecule has 6 atom stereocenters. The van der Waals surface area contributed by atoms with Crippen molar-refractivity contribution in [3.63, 3.8) is 0 Å². The second-order valence-electron chi connectivity index (χ2n) is 10.2. The van der Waals surface area contributed by atoms with Gasteiger partial charge < -0.3 is 10.4 Å². The van der Waals surface area contributed by atoms with Crippen molar-refractivity contribution in [3.05, 3.63) is 33.0 Å². The zero-order valence-electron chi connectivity index (χ0n) is 18.8. The van der Waals surface area contributed by atoms with Gasteiger partial charge in [-0.05, 0) is 60.8 Å². The molecule has 0 aromatic carbocycles. The molecule has 2 heterocycles. The summed E-state index contributed by atoms with van der Waals surface area (Å²) >= 11 is 2.98. The van der Waals surface area contributed by atoms with Gasteiger partial charge in [-0.15, -0.1) is 22.7 Å². The van der Waals surface area contributed by atoms with E-state index in [4.69, 9.17) is 4.98 Å². The molecule has 0 spiro atoms. The number of amides is 2. The summed E-state index contributed by atoms with van der Waals surface area (Å²) in [6, 6.07) is 4.01. The van der Waals surface area contributed by atoms with Crippen LogP contribution in [0.1, 0.15) is 72.6 Å². The number of aliphatic hydroxyl groups is 1. The third kappa shape index (κ3) is 3.90. The molecule has 0 radical (unpaired) electrons. The van der Waals surface area contributed by atoms with Gasteiger partial charge in [0, 0.05) is 22.8 Å². The van der Waals surface area contributed by atoms with Crippen LogP contribution in [0.25, 0.3) is 0 Å². The molecule has 2 aromatic heterocycles. The van der Waals surface area contributed by atoms with Gasteiger partial charge in [0.25, 0.3) is 5.91 Å². The first-order valence-corrected chi connectivity index (χ1v) is 13.3. The molecule has 32 heavy (non-hydrogen) atoms. The molecule has 172 valence electrons. The summed E-state index contributed by atoms with van der Waals surface area (Å²) in [6.45, 7) is 6.38. The number of aliphatic hydroxyl groups excluding tert-OH is 1. The van der Waals surface area contributed by atoms with Crippen LogP contribution in [-0.4, -0.2) is 34.1 Å². The van der Waals surface area contributed by atoms with E-state index in [-0.39, 0.29) is 40.9 Å². The SMILES string of the molecule is C[C@H](C(=O)NC1CC1)[C@H]1CC[C@]2(C)Cc3sc(NC(=O)c4cccs4)nc3[C@@H](C)[C@@H]2[C@H]1O. The largest absolute Gasteiger partial charge is 0.392 e. The van der Waals surface area contributed by atoms with Crippen molar-refractivity contribution in [1.29, 1.82) is 0 Å². The number of rotatable bonds is 5. The van der Waals surface area contributed by atoms with Crippen molar-refractivity contribution in [3.8, 4) is 0 Å². The molecule has 3 aliphatic rings. The van der Waals surface area contributed by atoms with Gasteiger partial charge in [-0.1, -0.05) is 26.8 Å². The molecule has 0 bridgehead atoms. The number of anilines is 1. The van der Waals surface area contributed by atoms with Crippen LogP contribution in [0.15, 0.2) is 17.5 Å². The van der Waals surface area contributed by atoms with Crippen LogP contribution in [0.2, 0.25) is 0 Å². The van der Waals surface area contributed by atoms with Gasteiger partial charge in [0.2, 0.25) is 5.91 Å². The lowest BCUT2D eigenvalue weighted by atomic mass is 9.53. The molecule has 0 saturated heterocycles. The van der Waals surface area contributed by atoms with Gasteiger partial charge in [-0.25, -0.2) is 4.98 Å². The van der Waals surface area contributed by atoms with Crippen LogP contribution >= 0.6 is 22.7 Å². The number of nitrogens with one attached hydrogen (secondary N) is 2. The Kier molecular flexibility index (Phi) is 5.66. The molecular formula is C24H31N3O3S2. The molecule has 3 aliphatic carbocycles. The third-order valence-corrected chi connectivity index (χ3v) is 9.72. The van der Waals surface area contributed by atoms with Crippen LogP contribution in [-0.2, 0) is 11.2 Å². The molecule has 5 rings (SSSR count). The van der Waals surface area contributed by atoms with Crippen molar-refractivity contribution in [1.82, 2.24) is 10.3 Å². The predicted molar refractivity (Wildman–Crippen MR) is 127 cm³/mol. The van der Waals surface area contributed by atoms with Crippen LogP contribution in [0.5, 0.6) is 0 Å². The Morgan fingerprint density at radius 2 is 2.09 bits per heavy atom. The summed E-state index contributed by atoms with van der Waals surface area (Å²) in [5.41, 5.74) is 0.963. The Labute approximate surface area is 196 Å². The van der Waals surface area contributed by atoms with E-state index in [1.54, 1.807) is 11.3 Å². The van der Waals surface area contributed by atoms with Gasteiger partial charge in [0.05, 0.1) is 16.7 Å². The van der Waals surface area contributed by atoms with Crippen molar-refractivity contribution >= 4 is 39.6 Å². The highest BCUT2D eigenvalue weighted by molar-refractivity contribution is 7.16. The Balaban J connectivity index is 1.35. The van der Waals surface area contributed by atoms with E-state index in [0.29, 0.717) is 16.1 Å². The van der Waals surface area contributed by atoms with Crippen molar-refractivity contribution in [2.24, 2.45) is 23.2 Å². The number of carbonyl (C=O) groups is 2. The monoisotopic (exact) mass is 473 g/mol. The van der Waals surface area contributed by atoms with Crippen molar-refractivity contribution < 1.29 is 14.7 Å². The van der Waals surface area contributed by atoms with E-state index in [0.717, 1.165) is 37.8 Å². The first-order chi connectivity index (χ1) is 15.3. The average Bonchev–Trinajstić information content (AvgIpc) is 3.22. The first kappa shape index (κ1) is 22.0. The van der Waals surface area contributed by atoms with E-state index >= 15 is 0 Å². The third-order valence-electron chi connectivity index (χ3n) is 7.87. The molecule has 6 nitrogen and oxygen atoms in total. The summed E-state index contributed by atoms with van der Waals surface area (Å²) < 4.78 is 0. The summed E-state index contributed by atoms with van der Waals surface area (Å²) in [7, 11) is 0. The molecule has 0 unspecified atom stereocenters. The van der Waals surface area contributed by atoms with Crippen molar-refractivity contribution in [2.45, 2.75) is 70.9 Å². The summed E-state index contributed by atoms with van der Waals surface area (Å²) in [4.78, 5) is 31.8. The van der Waals surface area contributed by atoms with Gasteiger partial charge >= 0.3 is 0 Å². The highest BCUT2D eigenvalue weighted by Crippen LogP contribution is 2.57. The fourth-order valence-electron chi connectivity index (χ4n) is 5.92. The maximum absolute atomic E-state index is 12.7. The van der Waals surface area contributed by atoms with Crippen LogP contribution in [0.4, 0.5) is 5.13 Å². The molecule has 2 fully saturated rings. The predicted octanol–water partition coefficient (Wildman–Crippen LogP) is 4.42. The second-order valence-corrected chi connectivity index (χ2v) is 12.2. The zero-order valence-corrected chi connectivity index (χ0v) is 20.4. The normalized spacial score (nSPS) is 32.5. The summed E-state index contributed by atoms with van der Waals surface area (Å²) in [5, 5.41) is 20.1. The number of hydrogen-bond acceptors (Lipinski definition) is 6. The molecule has 8 heteroatoms. The molecule has 2 aromatic rings. The first-order valence-electron chi connectivity index (χ1n) is 11.6. The summed E-state index contributed by atoms with van der Waals surface area (Å²) in [5.74, 6) is -0.154. The minimum Gasteiger partial charge on any atom is -0.392 e. The average molecular weight is 474 g/mol. The topological polar surface area (TPSA) is 91.3 Å². The van der Waals surface area contributed by atoms with Gasteiger partial charge in [0.1, 0.15) is 0 Å². The molecular weight excluding hydrogens is 442 g/mol. The number of fused-ring (bicyclic) bond motifs is 2. The number of thiophene rings is 1. The van der Waals surface area contributed by atoms with Crippen molar-refractivity contribution in [2.75, 3.05) is 5.32 Å². The van der Waals surface area contributed by atoms with Crippen LogP contribution < -0.4 is 10.6 Å². The lowest BCUT2D eigenvalue weighted by Gasteiger charge is -2.53. The maximum atomic E-state index is 12.7. The van der Waals surface area contributed by atoms with Crippen LogP contribution in [0.3, 0.4) is 0 Å². The van der Waals surface area contributed by atoms with E-state index in [1.807, 2.05) is 24.4 Å². The van der Waals surface area contributed by atoms with E-state index in [1.165, 1.54) is 16.2 Å². The quantitative estimate of drug-likeness (QED) is 0.599. The highest BCUT2D eigenvalue weighted by Gasteiger charge is 2.54. The number of thiazole rings is 1. The Hall–Kier alpha value is -1.77. The Morgan fingerprint density at radius 1 is 1.31 bits per heavy atom. The fraction of sp³-hybridized carbons (Fsp3) is 0.625. The minimum absolute atomic E-state index is 0.0312. The molecule has 3 N–H and O–H groups in total. The van der Waals surface area contributed by atoms with E-state index in [9.17, 15) is 14.7 Å². The van der Waals surface area contributed by atoms with Crippen LogP contribution in [0, 0.1) is 23.2 Å². The number of aromatic nitrogens is 1. The lowest BCUT2D eigenvalue weighted by Crippen LogP contribution is -2.53. The van der Waals surface area contributed by atoms with E-state index < -0.39 is 6.10 Å².